The van der Waals surface area contributed by atoms with Gasteiger partial charge in [-0.05, 0) is 19.3 Å². The second-order valence-electron chi connectivity index (χ2n) is 6.67. The van der Waals surface area contributed by atoms with Gasteiger partial charge in [-0.1, -0.05) is 20.8 Å². The Morgan fingerprint density at radius 1 is 1.19 bits per heavy atom. The SMILES string of the molecule is CC(=O)N(CC(=O)O)C1CCCN(C(=O)C(C)(C)C)CC1. The molecule has 1 N–H and O–H groups in total. The van der Waals surface area contributed by atoms with E-state index in [1.54, 1.807) is 0 Å². The molecule has 0 aliphatic carbocycles. The van der Waals surface area contributed by atoms with E-state index >= 15 is 0 Å². The summed E-state index contributed by atoms with van der Waals surface area (Å²) in [6.45, 7) is 8.05. The van der Waals surface area contributed by atoms with E-state index in [1.165, 1.54) is 11.8 Å². The lowest BCUT2D eigenvalue weighted by Crippen LogP contribution is -2.44. The number of carbonyl (C=O) groups excluding carboxylic acids is 2. The first-order chi connectivity index (χ1) is 9.62. The number of amides is 2. The first-order valence-electron chi connectivity index (χ1n) is 7.41. The molecule has 6 nitrogen and oxygen atoms in total. The van der Waals surface area contributed by atoms with Gasteiger partial charge in [0.25, 0.3) is 0 Å². The number of aliphatic carboxylic acids is 1. The minimum absolute atomic E-state index is 0.101. The Kier molecular flexibility index (Phi) is 5.75. The number of carbonyl (C=O) groups is 3. The minimum Gasteiger partial charge on any atom is -0.480 e. The average Bonchev–Trinajstić information content (AvgIpc) is 2.58. The van der Waals surface area contributed by atoms with Crippen LogP contribution in [0.3, 0.4) is 0 Å². The summed E-state index contributed by atoms with van der Waals surface area (Å²) in [6.07, 6.45) is 2.16. The van der Waals surface area contributed by atoms with Crippen LogP contribution in [0.2, 0.25) is 0 Å². The Morgan fingerprint density at radius 2 is 1.81 bits per heavy atom. The standard InChI is InChI=1S/C15H26N2O4/c1-11(18)17(10-13(19)20)12-6-5-8-16(9-7-12)14(21)15(2,3)4/h12H,5-10H2,1-4H3,(H,19,20). The highest BCUT2D eigenvalue weighted by atomic mass is 16.4. The summed E-state index contributed by atoms with van der Waals surface area (Å²) in [7, 11) is 0. The highest BCUT2D eigenvalue weighted by Crippen LogP contribution is 2.22. The third-order valence-electron chi connectivity index (χ3n) is 3.78. The number of carboxylic acids is 1. The van der Waals surface area contributed by atoms with Gasteiger partial charge in [0.05, 0.1) is 0 Å². The third kappa shape index (κ3) is 5.02. The van der Waals surface area contributed by atoms with Crippen molar-refractivity contribution in [3.63, 3.8) is 0 Å². The van der Waals surface area contributed by atoms with Gasteiger partial charge in [-0.25, -0.2) is 0 Å². The lowest BCUT2D eigenvalue weighted by Gasteiger charge is -2.30. The molecule has 0 saturated carbocycles. The number of rotatable bonds is 3. The zero-order valence-electron chi connectivity index (χ0n) is 13.4. The molecular weight excluding hydrogens is 272 g/mol. The molecule has 0 spiro atoms. The van der Waals surface area contributed by atoms with Crippen LogP contribution in [0.25, 0.3) is 0 Å². The van der Waals surface area contributed by atoms with Crippen molar-refractivity contribution in [2.75, 3.05) is 19.6 Å². The molecule has 1 saturated heterocycles. The smallest absolute Gasteiger partial charge is 0.323 e. The maximum Gasteiger partial charge on any atom is 0.323 e. The van der Waals surface area contributed by atoms with Gasteiger partial charge in [-0.15, -0.1) is 0 Å². The molecule has 0 aromatic heterocycles. The van der Waals surface area contributed by atoms with Crippen molar-refractivity contribution >= 4 is 17.8 Å². The second-order valence-corrected chi connectivity index (χ2v) is 6.67. The third-order valence-corrected chi connectivity index (χ3v) is 3.78. The molecule has 0 radical (unpaired) electrons. The minimum atomic E-state index is -1.00. The van der Waals surface area contributed by atoms with Crippen LogP contribution in [-0.4, -0.2) is 58.4 Å². The fourth-order valence-corrected chi connectivity index (χ4v) is 2.71. The quantitative estimate of drug-likeness (QED) is 0.853. The van der Waals surface area contributed by atoms with Gasteiger partial charge >= 0.3 is 5.97 Å². The van der Waals surface area contributed by atoms with E-state index in [9.17, 15) is 14.4 Å². The van der Waals surface area contributed by atoms with E-state index in [-0.39, 0.29) is 24.4 Å². The van der Waals surface area contributed by atoms with Crippen LogP contribution in [0, 0.1) is 5.41 Å². The molecule has 1 atom stereocenters. The normalized spacial score (nSPS) is 19.8. The highest BCUT2D eigenvalue weighted by Gasteiger charge is 2.31. The van der Waals surface area contributed by atoms with E-state index in [4.69, 9.17) is 5.11 Å². The van der Waals surface area contributed by atoms with Crippen molar-refractivity contribution in [3.8, 4) is 0 Å². The Balaban J connectivity index is 2.72. The van der Waals surface area contributed by atoms with Crippen molar-refractivity contribution in [1.29, 1.82) is 0 Å². The Bertz CT molecular complexity index is 414. The molecule has 0 aromatic carbocycles. The van der Waals surface area contributed by atoms with Gasteiger partial charge in [0.15, 0.2) is 0 Å². The number of nitrogens with zero attached hydrogens (tertiary/aromatic N) is 2. The molecule has 1 unspecified atom stereocenters. The zero-order chi connectivity index (χ0) is 16.2. The monoisotopic (exact) mass is 298 g/mol. The fraction of sp³-hybridized carbons (Fsp3) is 0.800. The maximum atomic E-state index is 12.3. The molecule has 120 valence electrons. The van der Waals surface area contributed by atoms with Crippen molar-refractivity contribution in [1.82, 2.24) is 9.80 Å². The van der Waals surface area contributed by atoms with Gasteiger partial charge in [0.2, 0.25) is 11.8 Å². The number of hydrogen-bond donors (Lipinski definition) is 1. The zero-order valence-corrected chi connectivity index (χ0v) is 13.4. The summed E-state index contributed by atoms with van der Waals surface area (Å²) >= 11 is 0. The van der Waals surface area contributed by atoms with Crippen molar-refractivity contribution in [2.24, 2.45) is 5.41 Å². The predicted octanol–water partition coefficient (Wildman–Crippen LogP) is 1.35. The predicted molar refractivity (Wildman–Crippen MR) is 78.7 cm³/mol. The fourth-order valence-electron chi connectivity index (χ4n) is 2.71. The van der Waals surface area contributed by atoms with Crippen LogP contribution >= 0.6 is 0 Å². The molecule has 0 aromatic rings. The lowest BCUT2D eigenvalue weighted by atomic mass is 9.94. The Labute approximate surface area is 126 Å². The molecule has 1 rings (SSSR count). The van der Waals surface area contributed by atoms with E-state index in [0.717, 1.165) is 12.8 Å². The molecule has 1 heterocycles. The van der Waals surface area contributed by atoms with Crippen LogP contribution in [0.15, 0.2) is 0 Å². The first-order valence-corrected chi connectivity index (χ1v) is 7.41. The molecular formula is C15H26N2O4. The van der Waals surface area contributed by atoms with Crippen LogP contribution in [0.5, 0.6) is 0 Å². The summed E-state index contributed by atoms with van der Waals surface area (Å²) in [6, 6.07) is -0.101. The molecule has 1 aliphatic heterocycles. The second kappa shape index (κ2) is 6.91. The van der Waals surface area contributed by atoms with Crippen molar-refractivity contribution in [2.45, 2.75) is 53.0 Å². The topological polar surface area (TPSA) is 77.9 Å². The number of hydrogen-bond acceptors (Lipinski definition) is 3. The van der Waals surface area contributed by atoms with E-state index < -0.39 is 11.4 Å². The first kappa shape index (κ1) is 17.5. The van der Waals surface area contributed by atoms with Crippen LogP contribution in [-0.2, 0) is 14.4 Å². The molecule has 2 amide bonds. The van der Waals surface area contributed by atoms with Gasteiger partial charge in [0, 0.05) is 31.5 Å². The van der Waals surface area contributed by atoms with Crippen LogP contribution in [0.4, 0.5) is 0 Å². The van der Waals surface area contributed by atoms with Gasteiger partial charge in [-0.2, -0.15) is 0 Å². The highest BCUT2D eigenvalue weighted by molar-refractivity contribution is 5.81. The summed E-state index contributed by atoms with van der Waals surface area (Å²) < 4.78 is 0. The molecule has 21 heavy (non-hydrogen) atoms. The van der Waals surface area contributed by atoms with Gasteiger partial charge < -0.3 is 14.9 Å². The summed E-state index contributed by atoms with van der Waals surface area (Å²) in [5.74, 6) is -1.12. The van der Waals surface area contributed by atoms with Crippen molar-refractivity contribution < 1.29 is 19.5 Å². The summed E-state index contributed by atoms with van der Waals surface area (Å²) in [5.41, 5.74) is -0.416. The summed E-state index contributed by atoms with van der Waals surface area (Å²) in [5, 5.41) is 8.92. The molecule has 0 bridgehead atoms. The van der Waals surface area contributed by atoms with Crippen LogP contribution in [0.1, 0.15) is 47.0 Å². The number of likely N-dealkylation sites (tertiary alicyclic amines) is 1. The van der Waals surface area contributed by atoms with Gasteiger partial charge in [0.1, 0.15) is 6.54 Å². The Hall–Kier alpha value is -1.59. The lowest BCUT2D eigenvalue weighted by molar-refractivity contribution is -0.145. The molecule has 6 heteroatoms. The van der Waals surface area contributed by atoms with E-state index in [1.807, 2.05) is 25.7 Å². The molecule has 1 fully saturated rings. The maximum absolute atomic E-state index is 12.3. The van der Waals surface area contributed by atoms with Crippen LogP contribution < -0.4 is 0 Å². The average molecular weight is 298 g/mol. The van der Waals surface area contributed by atoms with E-state index in [2.05, 4.69) is 0 Å². The van der Waals surface area contributed by atoms with Crippen molar-refractivity contribution in [3.05, 3.63) is 0 Å². The summed E-state index contributed by atoms with van der Waals surface area (Å²) in [4.78, 5) is 38.1. The number of carboxylic acid groups (broad SMARTS) is 1. The van der Waals surface area contributed by atoms with Gasteiger partial charge in [-0.3, -0.25) is 14.4 Å². The Morgan fingerprint density at radius 3 is 2.29 bits per heavy atom. The molecule has 1 aliphatic rings. The van der Waals surface area contributed by atoms with E-state index in [0.29, 0.717) is 19.5 Å². The largest absolute Gasteiger partial charge is 0.480 e.